The van der Waals surface area contributed by atoms with Gasteiger partial charge in [0.05, 0.1) is 26.9 Å². The van der Waals surface area contributed by atoms with Crippen LogP contribution in [0.25, 0.3) is 0 Å². The van der Waals surface area contributed by atoms with E-state index in [-0.39, 0.29) is 0 Å². The van der Waals surface area contributed by atoms with Crippen molar-refractivity contribution in [2.24, 2.45) is 0 Å². The third-order valence-corrected chi connectivity index (χ3v) is 2.35. The van der Waals surface area contributed by atoms with Crippen molar-refractivity contribution in [3.8, 4) is 17.2 Å². The van der Waals surface area contributed by atoms with Gasteiger partial charge in [0.15, 0.2) is 11.5 Å². The van der Waals surface area contributed by atoms with Crippen molar-refractivity contribution in [3.05, 3.63) is 17.7 Å². The molecule has 0 radical (unpaired) electrons. The molecule has 1 aromatic rings. The van der Waals surface area contributed by atoms with E-state index in [0.29, 0.717) is 42.6 Å². The molecule has 0 aliphatic rings. The minimum absolute atomic E-state index is 0.330. The van der Waals surface area contributed by atoms with E-state index in [0.717, 1.165) is 0 Å². The van der Waals surface area contributed by atoms with Gasteiger partial charge in [-0.3, -0.25) is 0 Å². The Bertz CT molecular complexity index is 428. The van der Waals surface area contributed by atoms with Crippen molar-refractivity contribution in [1.29, 1.82) is 0 Å². The van der Waals surface area contributed by atoms with Crippen LogP contribution in [-0.4, -0.2) is 32.9 Å². The molecule has 1 rings (SSSR count). The number of ether oxygens (including phenoxy) is 4. The number of benzene rings is 1. The largest absolute Gasteiger partial charge is 0.493 e. The van der Waals surface area contributed by atoms with Crippen LogP contribution in [0.2, 0.25) is 0 Å². The second kappa shape index (κ2) is 7.51. The zero-order chi connectivity index (χ0) is 14.3. The van der Waals surface area contributed by atoms with Crippen molar-refractivity contribution in [2.45, 2.75) is 20.8 Å². The average molecular weight is 268 g/mol. The number of methoxy groups -OCH3 is 1. The summed E-state index contributed by atoms with van der Waals surface area (Å²) < 4.78 is 21.1. The third kappa shape index (κ3) is 3.77. The van der Waals surface area contributed by atoms with Gasteiger partial charge in [-0.2, -0.15) is 0 Å². The SMILES string of the molecule is CCOc1cc(OCC)c(C(=O)OC)cc1OCC. The van der Waals surface area contributed by atoms with E-state index in [1.165, 1.54) is 7.11 Å². The summed E-state index contributed by atoms with van der Waals surface area (Å²) >= 11 is 0. The minimum Gasteiger partial charge on any atom is -0.493 e. The fraction of sp³-hybridized carbons (Fsp3) is 0.500. The molecule has 0 unspecified atom stereocenters. The Labute approximate surface area is 113 Å². The van der Waals surface area contributed by atoms with E-state index in [1.807, 2.05) is 20.8 Å². The molecule has 19 heavy (non-hydrogen) atoms. The maximum Gasteiger partial charge on any atom is 0.341 e. The molecule has 0 heterocycles. The lowest BCUT2D eigenvalue weighted by Crippen LogP contribution is -2.08. The molecule has 0 spiro atoms. The van der Waals surface area contributed by atoms with Gasteiger partial charge < -0.3 is 18.9 Å². The van der Waals surface area contributed by atoms with Gasteiger partial charge in [0.2, 0.25) is 0 Å². The number of hydrogen-bond donors (Lipinski definition) is 0. The smallest absolute Gasteiger partial charge is 0.341 e. The molecular weight excluding hydrogens is 248 g/mol. The first-order valence-corrected chi connectivity index (χ1v) is 6.32. The highest BCUT2D eigenvalue weighted by molar-refractivity contribution is 5.93. The first kappa shape index (κ1) is 15.1. The van der Waals surface area contributed by atoms with Gasteiger partial charge in [-0.1, -0.05) is 0 Å². The van der Waals surface area contributed by atoms with Crippen molar-refractivity contribution in [2.75, 3.05) is 26.9 Å². The fourth-order valence-corrected chi connectivity index (χ4v) is 1.62. The maximum absolute atomic E-state index is 11.7. The maximum atomic E-state index is 11.7. The summed E-state index contributed by atoms with van der Waals surface area (Å²) in [6, 6.07) is 3.25. The molecule has 0 saturated carbocycles. The van der Waals surface area contributed by atoms with E-state index in [9.17, 15) is 4.79 Å². The Morgan fingerprint density at radius 2 is 1.37 bits per heavy atom. The average Bonchev–Trinajstić information content (AvgIpc) is 2.41. The van der Waals surface area contributed by atoms with Crippen LogP contribution in [0.3, 0.4) is 0 Å². The summed E-state index contributed by atoms with van der Waals surface area (Å²) in [6.07, 6.45) is 0. The zero-order valence-electron chi connectivity index (χ0n) is 11.8. The van der Waals surface area contributed by atoms with Gasteiger partial charge in [-0.25, -0.2) is 4.79 Å². The van der Waals surface area contributed by atoms with E-state index in [1.54, 1.807) is 12.1 Å². The first-order chi connectivity index (χ1) is 9.17. The van der Waals surface area contributed by atoms with Gasteiger partial charge in [-0.05, 0) is 20.8 Å². The van der Waals surface area contributed by atoms with E-state index in [2.05, 4.69) is 0 Å². The molecule has 0 fully saturated rings. The van der Waals surface area contributed by atoms with Crippen LogP contribution in [0.4, 0.5) is 0 Å². The Kier molecular flexibility index (Phi) is 5.99. The van der Waals surface area contributed by atoms with Crippen LogP contribution < -0.4 is 14.2 Å². The van der Waals surface area contributed by atoms with Gasteiger partial charge in [0.1, 0.15) is 11.3 Å². The number of carbonyl (C=O) groups is 1. The van der Waals surface area contributed by atoms with Gasteiger partial charge >= 0.3 is 5.97 Å². The number of rotatable bonds is 7. The van der Waals surface area contributed by atoms with E-state index >= 15 is 0 Å². The molecule has 0 atom stereocenters. The lowest BCUT2D eigenvalue weighted by molar-refractivity contribution is 0.0595. The molecule has 0 saturated heterocycles. The predicted molar refractivity (Wildman–Crippen MR) is 71.3 cm³/mol. The molecule has 5 nitrogen and oxygen atoms in total. The number of hydrogen-bond acceptors (Lipinski definition) is 5. The van der Waals surface area contributed by atoms with E-state index < -0.39 is 5.97 Å². The molecule has 106 valence electrons. The Morgan fingerprint density at radius 1 is 0.895 bits per heavy atom. The van der Waals surface area contributed by atoms with Gasteiger partial charge in [0.25, 0.3) is 0 Å². The summed E-state index contributed by atoms with van der Waals surface area (Å²) in [7, 11) is 1.33. The quantitative estimate of drug-likeness (QED) is 0.712. The van der Waals surface area contributed by atoms with Crippen molar-refractivity contribution in [3.63, 3.8) is 0 Å². The van der Waals surface area contributed by atoms with E-state index in [4.69, 9.17) is 18.9 Å². The molecule has 5 heteroatoms. The Balaban J connectivity index is 3.27. The monoisotopic (exact) mass is 268 g/mol. The molecule has 0 aliphatic carbocycles. The molecule has 0 amide bonds. The molecule has 0 bridgehead atoms. The second-order valence-corrected chi connectivity index (χ2v) is 3.59. The van der Waals surface area contributed by atoms with Crippen LogP contribution in [0.1, 0.15) is 31.1 Å². The molecule has 1 aromatic carbocycles. The highest BCUT2D eigenvalue weighted by atomic mass is 16.5. The zero-order valence-corrected chi connectivity index (χ0v) is 11.8. The predicted octanol–water partition coefficient (Wildman–Crippen LogP) is 2.67. The van der Waals surface area contributed by atoms with Gasteiger partial charge in [-0.15, -0.1) is 0 Å². The summed E-state index contributed by atoms with van der Waals surface area (Å²) in [6.45, 7) is 7.02. The van der Waals surface area contributed by atoms with Crippen LogP contribution in [0.5, 0.6) is 17.2 Å². The number of esters is 1. The van der Waals surface area contributed by atoms with Crippen molar-refractivity contribution < 1.29 is 23.7 Å². The first-order valence-electron chi connectivity index (χ1n) is 6.32. The van der Waals surface area contributed by atoms with Gasteiger partial charge in [0, 0.05) is 12.1 Å². The second-order valence-electron chi connectivity index (χ2n) is 3.59. The van der Waals surface area contributed by atoms with Crippen LogP contribution in [-0.2, 0) is 4.74 Å². The molecule has 0 aliphatic heterocycles. The van der Waals surface area contributed by atoms with Crippen molar-refractivity contribution in [1.82, 2.24) is 0 Å². The highest BCUT2D eigenvalue weighted by Gasteiger charge is 2.18. The summed E-state index contributed by atoms with van der Waals surface area (Å²) in [5.41, 5.74) is 0.330. The van der Waals surface area contributed by atoms with Crippen LogP contribution in [0, 0.1) is 0 Å². The number of carbonyl (C=O) groups excluding carboxylic acids is 1. The lowest BCUT2D eigenvalue weighted by Gasteiger charge is -2.15. The molecule has 0 N–H and O–H groups in total. The topological polar surface area (TPSA) is 54.0 Å². The third-order valence-electron chi connectivity index (χ3n) is 2.35. The van der Waals surface area contributed by atoms with Crippen molar-refractivity contribution >= 4 is 5.97 Å². The summed E-state index contributed by atoms with van der Waals surface area (Å²) in [5.74, 6) is 1.03. The summed E-state index contributed by atoms with van der Waals surface area (Å²) in [4.78, 5) is 11.7. The van der Waals surface area contributed by atoms with Crippen LogP contribution in [0.15, 0.2) is 12.1 Å². The fourth-order valence-electron chi connectivity index (χ4n) is 1.62. The van der Waals surface area contributed by atoms with Crippen LogP contribution >= 0.6 is 0 Å². The Morgan fingerprint density at radius 3 is 1.84 bits per heavy atom. The molecular formula is C14H20O5. The standard InChI is InChI=1S/C14H20O5/c1-5-17-11-9-13(19-7-3)12(18-6-2)8-10(11)14(15)16-4/h8-9H,5-7H2,1-4H3. The molecule has 0 aromatic heterocycles. The lowest BCUT2D eigenvalue weighted by atomic mass is 10.1. The summed E-state index contributed by atoms with van der Waals surface area (Å²) in [5, 5.41) is 0. The Hall–Kier alpha value is -1.91. The normalized spacial score (nSPS) is 9.89. The minimum atomic E-state index is -0.465. The highest BCUT2D eigenvalue weighted by Crippen LogP contribution is 2.35.